The number of sulfonamides is 1. The molecule has 1 amide bonds. The molecular weight excluding hydrogens is 373 g/mol. The van der Waals surface area contributed by atoms with Gasteiger partial charge in [0.1, 0.15) is 0 Å². The first kappa shape index (κ1) is 19.9. The van der Waals surface area contributed by atoms with Crippen molar-refractivity contribution >= 4 is 21.6 Å². The summed E-state index contributed by atoms with van der Waals surface area (Å²) in [5.74, 6) is -0.749. The van der Waals surface area contributed by atoms with Gasteiger partial charge in [0.25, 0.3) is 15.9 Å². The fourth-order valence-electron chi connectivity index (χ4n) is 2.00. The van der Waals surface area contributed by atoms with Gasteiger partial charge in [-0.3, -0.25) is 9.63 Å². The normalized spacial score (nSPS) is 12.2. The Morgan fingerprint density at radius 1 is 1.12 bits per heavy atom. The van der Waals surface area contributed by atoms with Gasteiger partial charge in [0, 0.05) is 18.3 Å². The molecule has 0 saturated heterocycles. The Balaban J connectivity index is 2.18. The minimum Gasteiger partial charge on any atom is -0.322 e. The van der Waals surface area contributed by atoms with Gasteiger partial charge in [-0.2, -0.15) is 13.2 Å². The first-order valence-electron chi connectivity index (χ1n) is 7.17. The maximum Gasteiger partial charge on any atom is 0.416 e. The molecule has 0 unspecified atom stereocenters. The number of carbonyl (C=O) groups is 1. The average Bonchev–Trinajstić information content (AvgIpc) is 2.60. The summed E-state index contributed by atoms with van der Waals surface area (Å²) >= 11 is 0. The van der Waals surface area contributed by atoms with Gasteiger partial charge >= 0.3 is 6.18 Å². The second-order valence-electron chi connectivity index (χ2n) is 5.15. The van der Waals surface area contributed by atoms with E-state index >= 15 is 0 Å². The van der Waals surface area contributed by atoms with E-state index < -0.39 is 27.7 Å². The zero-order valence-electron chi connectivity index (χ0n) is 13.7. The van der Waals surface area contributed by atoms with Crippen LogP contribution in [-0.4, -0.2) is 33.0 Å². The highest BCUT2D eigenvalue weighted by Gasteiger charge is 2.30. The van der Waals surface area contributed by atoms with Gasteiger partial charge in [-0.1, -0.05) is 10.5 Å². The first-order valence-corrected chi connectivity index (χ1v) is 8.61. The van der Waals surface area contributed by atoms with E-state index in [-0.39, 0.29) is 16.1 Å². The standard InChI is InChI=1S/C16H15F3N2O4S/c1-21(25-2)26(23,24)14-8-6-13(7-9-14)20-15(22)11-4-3-5-12(10-11)16(17,18)19/h3-10H,1-2H3,(H,20,22). The van der Waals surface area contributed by atoms with Crippen molar-refractivity contribution < 1.29 is 31.2 Å². The monoisotopic (exact) mass is 388 g/mol. The molecule has 6 nitrogen and oxygen atoms in total. The van der Waals surface area contributed by atoms with E-state index in [1.807, 2.05) is 0 Å². The van der Waals surface area contributed by atoms with Gasteiger partial charge < -0.3 is 5.32 Å². The lowest BCUT2D eigenvalue weighted by atomic mass is 10.1. The van der Waals surface area contributed by atoms with Crippen molar-refractivity contribution in [2.75, 3.05) is 19.5 Å². The van der Waals surface area contributed by atoms with E-state index in [1.54, 1.807) is 0 Å². The van der Waals surface area contributed by atoms with Crippen molar-refractivity contribution in [2.45, 2.75) is 11.1 Å². The lowest BCUT2D eigenvalue weighted by Gasteiger charge is -2.14. The SMILES string of the molecule is CON(C)S(=O)(=O)c1ccc(NC(=O)c2cccc(C(F)(F)F)c2)cc1. The lowest BCUT2D eigenvalue weighted by molar-refractivity contribution is -0.137. The van der Waals surface area contributed by atoms with Gasteiger partial charge in [-0.05, 0) is 42.5 Å². The molecule has 0 aromatic heterocycles. The summed E-state index contributed by atoms with van der Waals surface area (Å²) in [6.07, 6.45) is -4.56. The van der Waals surface area contributed by atoms with E-state index in [1.165, 1.54) is 44.5 Å². The molecule has 26 heavy (non-hydrogen) atoms. The quantitative estimate of drug-likeness (QED) is 0.799. The largest absolute Gasteiger partial charge is 0.416 e. The molecule has 0 aliphatic heterocycles. The van der Waals surface area contributed by atoms with Crippen LogP contribution in [0.25, 0.3) is 0 Å². The Morgan fingerprint density at radius 3 is 2.27 bits per heavy atom. The number of benzene rings is 2. The molecule has 140 valence electrons. The molecule has 0 aliphatic carbocycles. The van der Waals surface area contributed by atoms with E-state index in [0.717, 1.165) is 18.2 Å². The molecular formula is C16H15F3N2O4S. The van der Waals surface area contributed by atoms with E-state index in [9.17, 15) is 26.4 Å². The summed E-state index contributed by atoms with van der Waals surface area (Å²) < 4.78 is 62.9. The van der Waals surface area contributed by atoms with Crippen molar-refractivity contribution in [1.29, 1.82) is 0 Å². The topological polar surface area (TPSA) is 75.7 Å². The zero-order chi connectivity index (χ0) is 19.5. The summed E-state index contributed by atoms with van der Waals surface area (Å²) in [6, 6.07) is 9.11. The molecule has 1 N–H and O–H groups in total. The van der Waals surface area contributed by atoms with Gasteiger partial charge in [0.05, 0.1) is 17.6 Å². The highest BCUT2D eigenvalue weighted by atomic mass is 32.2. The highest BCUT2D eigenvalue weighted by Crippen LogP contribution is 2.29. The predicted molar refractivity (Wildman–Crippen MR) is 87.8 cm³/mol. The number of rotatable bonds is 5. The number of nitrogens with one attached hydrogen (secondary N) is 1. The molecule has 0 aliphatic rings. The number of halogens is 3. The van der Waals surface area contributed by atoms with Crippen LogP contribution < -0.4 is 5.32 Å². The number of carbonyl (C=O) groups excluding carboxylic acids is 1. The zero-order valence-corrected chi connectivity index (χ0v) is 14.6. The summed E-state index contributed by atoms with van der Waals surface area (Å²) in [5, 5.41) is 2.41. The summed E-state index contributed by atoms with van der Waals surface area (Å²) in [6.45, 7) is 0. The summed E-state index contributed by atoms with van der Waals surface area (Å²) in [5.41, 5.74) is -0.878. The fraction of sp³-hybridized carbons (Fsp3) is 0.188. The van der Waals surface area contributed by atoms with Crippen molar-refractivity contribution in [3.05, 3.63) is 59.7 Å². The number of amides is 1. The Bertz CT molecular complexity index is 896. The van der Waals surface area contributed by atoms with Crippen LogP contribution in [-0.2, 0) is 21.0 Å². The first-order chi connectivity index (χ1) is 12.1. The minimum atomic E-state index is -4.56. The second-order valence-corrected chi connectivity index (χ2v) is 7.09. The third-order valence-electron chi connectivity index (χ3n) is 3.46. The Hall–Kier alpha value is -2.43. The number of hydroxylamine groups is 1. The maximum absolute atomic E-state index is 12.7. The molecule has 0 atom stereocenters. The Kier molecular flexibility index (Phi) is 5.69. The number of nitrogens with zero attached hydrogens (tertiary/aromatic N) is 1. The van der Waals surface area contributed by atoms with Crippen LogP contribution in [0.3, 0.4) is 0 Å². The van der Waals surface area contributed by atoms with Crippen molar-refractivity contribution in [1.82, 2.24) is 4.47 Å². The number of alkyl halides is 3. The minimum absolute atomic E-state index is 0.0704. The van der Waals surface area contributed by atoms with Crippen LogP contribution in [0.1, 0.15) is 15.9 Å². The molecule has 0 heterocycles. The van der Waals surface area contributed by atoms with Gasteiger partial charge in [0.2, 0.25) is 0 Å². The molecule has 0 radical (unpaired) electrons. The number of anilines is 1. The molecule has 0 bridgehead atoms. The van der Waals surface area contributed by atoms with Crippen molar-refractivity contribution in [2.24, 2.45) is 0 Å². The lowest BCUT2D eigenvalue weighted by Crippen LogP contribution is -2.25. The Labute approximate surface area is 148 Å². The third-order valence-corrected chi connectivity index (χ3v) is 5.15. The molecule has 2 rings (SSSR count). The average molecular weight is 388 g/mol. The molecule has 2 aromatic carbocycles. The Morgan fingerprint density at radius 2 is 1.73 bits per heavy atom. The second kappa shape index (κ2) is 7.44. The molecule has 0 saturated carbocycles. The van der Waals surface area contributed by atoms with Crippen LogP contribution in [0.5, 0.6) is 0 Å². The van der Waals surface area contributed by atoms with Crippen LogP contribution in [0.15, 0.2) is 53.4 Å². The molecule has 2 aromatic rings. The van der Waals surface area contributed by atoms with Crippen LogP contribution in [0.4, 0.5) is 18.9 Å². The predicted octanol–water partition coefficient (Wildman–Crippen LogP) is 3.14. The van der Waals surface area contributed by atoms with Gasteiger partial charge in [-0.25, -0.2) is 8.42 Å². The van der Waals surface area contributed by atoms with Gasteiger partial charge in [0.15, 0.2) is 0 Å². The molecule has 0 fully saturated rings. The van der Waals surface area contributed by atoms with Crippen LogP contribution >= 0.6 is 0 Å². The molecule has 0 spiro atoms. The van der Waals surface area contributed by atoms with Crippen molar-refractivity contribution in [3.8, 4) is 0 Å². The number of hydrogen-bond acceptors (Lipinski definition) is 4. The smallest absolute Gasteiger partial charge is 0.322 e. The fourth-order valence-corrected chi connectivity index (χ4v) is 2.97. The van der Waals surface area contributed by atoms with Gasteiger partial charge in [-0.15, -0.1) is 0 Å². The third kappa shape index (κ3) is 4.40. The summed E-state index contributed by atoms with van der Waals surface area (Å²) in [7, 11) is -1.42. The number of hydrogen-bond donors (Lipinski definition) is 1. The van der Waals surface area contributed by atoms with E-state index in [0.29, 0.717) is 4.47 Å². The summed E-state index contributed by atoms with van der Waals surface area (Å²) in [4.78, 5) is 16.7. The van der Waals surface area contributed by atoms with Crippen LogP contribution in [0.2, 0.25) is 0 Å². The van der Waals surface area contributed by atoms with E-state index in [4.69, 9.17) is 0 Å². The molecule has 10 heteroatoms. The van der Waals surface area contributed by atoms with Crippen molar-refractivity contribution in [3.63, 3.8) is 0 Å². The van der Waals surface area contributed by atoms with E-state index in [2.05, 4.69) is 10.2 Å². The highest BCUT2D eigenvalue weighted by molar-refractivity contribution is 7.89. The van der Waals surface area contributed by atoms with Crippen LogP contribution in [0, 0.1) is 0 Å². The maximum atomic E-state index is 12.7.